The molecule has 0 aliphatic rings. The van der Waals surface area contributed by atoms with Crippen molar-refractivity contribution in [2.75, 3.05) is 78.5 Å². The Hall–Kier alpha value is -11.0. The number of nitrogens with two attached hydrogens (primary N) is 4. The Morgan fingerprint density at radius 3 is 0.625 bits per heavy atom. The van der Waals surface area contributed by atoms with E-state index in [-0.39, 0.29) is 179 Å². The highest BCUT2D eigenvalue weighted by Crippen LogP contribution is 2.09. The number of carbonyl (C=O) groups excluding carboxylic acids is 22. The topological polar surface area (TPSA) is 696 Å². The molecule has 44 nitrogen and oxygen atoms in total. The van der Waals surface area contributed by atoms with Crippen molar-refractivity contribution in [3.05, 3.63) is 0 Å². The van der Waals surface area contributed by atoms with E-state index in [4.69, 9.17) is 22.9 Å². The number of nitrogens with one attached hydrogen (secondary N) is 18. The fourth-order valence-corrected chi connectivity index (χ4v) is 11.6. The Morgan fingerprint density at radius 2 is 0.430 bits per heavy atom. The molecule has 44 heteroatoms. The van der Waals surface area contributed by atoms with Gasteiger partial charge in [0.15, 0.2) is 23.1 Å². The smallest absolute Gasteiger partial charge is 0.242 e. The molecule has 0 fully saturated rings. The number of rotatable bonds is 70. The molecule has 0 unspecified atom stereocenters. The molecule has 26 N–H and O–H groups in total. The normalized spacial score (nSPS) is 12.9. The second kappa shape index (κ2) is 77.1. The minimum absolute atomic E-state index is 0.0772. The predicted molar refractivity (Wildman–Crippen MR) is 479 cm³/mol. The Morgan fingerprint density at radius 1 is 0.227 bits per heavy atom. The minimum atomic E-state index is -1.02. The molecule has 0 rings (SSSR count). The molecule has 0 aliphatic heterocycles. The summed E-state index contributed by atoms with van der Waals surface area (Å²) in [5.41, 5.74) is 21.4. The van der Waals surface area contributed by atoms with Crippen LogP contribution < -0.4 is 119 Å². The van der Waals surface area contributed by atoms with Gasteiger partial charge in [-0.15, -0.1) is 0 Å². The van der Waals surface area contributed by atoms with E-state index in [9.17, 15) is 105 Å². The molecule has 0 bridgehead atoms. The molecule has 0 spiro atoms. The number of primary amides is 4. The van der Waals surface area contributed by atoms with Crippen molar-refractivity contribution in [3.63, 3.8) is 0 Å². The van der Waals surface area contributed by atoms with E-state index in [1.165, 1.54) is 41.5 Å². The summed E-state index contributed by atoms with van der Waals surface area (Å²) in [4.78, 5) is 260. The zero-order chi connectivity index (χ0) is 98.1. The van der Waals surface area contributed by atoms with E-state index in [2.05, 4.69) is 95.7 Å². The van der Waals surface area contributed by atoms with E-state index in [0.717, 1.165) is 25.7 Å². The van der Waals surface area contributed by atoms with Crippen LogP contribution in [0.3, 0.4) is 0 Å². The molecule has 0 aliphatic carbocycles. The van der Waals surface area contributed by atoms with Crippen molar-refractivity contribution >= 4 is 129 Å². The molecular weight excluding hydrogens is 1670 g/mol. The number of unbranched alkanes of at least 4 members (excludes halogenated alkanes) is 2. The molecule has 0 saturated heterocycles. The van der Waals surface area contributed by atoms with Crippen LogP contribution in [-0.4, -0.2) is 268 Å². The number of hydrogen-bond acceptors (Lipinski definition) is 26. The summed E-state index contributed by atoms with van der Waals surface area (Å²) in [7, 11) is 0. The van der Waals surface area contributed by atoms with Crippen LogP contribution in [0.15, 0.2) is 0 Å². The number of carbonyl (C=O) groups is 22. The van der Waals surface area contributed by atoms with Crippen molar-refractivity contribution < 1.29 is 105 Å². The third-order valence-electron chi connectivity index (χ3n) is 18.1. The molecule has 732 valence electrons. The Kier molecular flexibility index (Phi) is 74.3. The highest BCUT2D eigenvalue weighted by molar-refractivity contribution is 5.98. The second-order valence-corrected chi connectivity index (χ2v) is 30.6. The van der Waals surface area contributed by atoms with Crippen molar-refractivity contribution in [2.24, 2.45) is 22.9 Å². The second-order valence-electron chi connectivity index (χ2n) is 30.6. The molecular formula is C84H154N22O22. The lowest BCUT2D eigenvalue weighted by molar-refractivity contribution is -0.132. The van der Waals surface area contributed by atoms with Crippen LogP contribution >= 0.6 is 0 Å². The SMILES string of the molecule is CCCNCC(=O)N[C@@H](CCCCNC(=O)C[C@H](NC(=O)[C@@H](C)NC(C)=O)C(=O)CCC)C(N)=O.CCCNCC(=O)N[C@@H](CCCCNC(=O)C[C@H](NC(C)=O)C(=O)CCC)C(N)=O.CCCNCC(=O)N[C@@H](CCCNC(=O)C[C@H](NC(=O)[C@@H](C)NC(C)=O)C(=O)CCC)C(N)=O.CCCNCC(=O)N[C@@H](CCCNC(=O)C[C@H](NC(C)=O)C(=O)CCC)C(N)=O. The van der Waals surface area contributed by atoms with Crippen LogP contribution in [0, 0.1) is 0 Å². The molecule has 0 aromatic rings. The Bertz CT molecular complexity index is 3460. The molecule has 0 aromatic heterocycles. The monoisotopic (exact) mass is 1820 g/mol. The summed E-state index contributed by atoms with van der Waals surface area (Å²) >= 11 is 0. The van der Waals surface area contributed by atoms with Crippen LogP contribution in [0.4, 0.5) is 0 Å². The number of hydrogen-bond donors (Lipinski definition) is 22. The first-order valence-electron chi connectivity index (χ1n) is 44.5. The fraction of sp³-hybridized carbons (Fsp3) is 0.738. The zero-order valence-electron chi connectivity index (χ0n) is 77.9. The average Bonchev–Trinajstić information content (AvgIpc) is 0.892. The van der Waals surface area contributed by atoms with Crippen molar-refractivity contribution in [1.82, 2.24) is 95.7 Å². The van der Waals surface area contributed by atoms with Gasteiger partial charge in [0, 0.05) is 79.6 Å². The maximum Gasteiger partial charge on any atom is 0.242 e. The highest BCUT2D eigenvalue weighted by atomic mass is 16.2. The van der Waals surface area contributed by atoms with Gasteiger partial charge in [0.2, 0.25) is 106 Å². The van der Waals surface area contributed by atoms with E-state index in [1.807, 2.05) is 55.4 Å². The first-order valence-corrected chi connectivity index (χ1v) is 44.5. The zero-order valence-corrected chi connectivity index (χ0v) is 77.9. The van der Waals surface area contributed by atoms with Gasteiger partial charge < -0.3 is 119 Å². The molecule has 10 atom stereocenters. The lowest BCUT2D eigenvalue weighted by Gasteiger charge is -2.20. The van der Waals surface area contributed by atoms with Crippen LogP contribution in [-0.2, 0) is 105 Å². The van der Waals surface area contributed by atoms with E-state index < -0.39 is 108 Å². The van der Waals surface area contributed by atoms with Gasteiger partial charge in [-0.25, -0.2) is 0 Å². The first kappa shape index (κ1) is 123. The molecule has 0 radical (unpaired) electrons. The van der Waals surface area contributed by atoms with Crippen molar-refractivity contribution in [2.45, 2.75) is 324 Å². The highest BCUT2D eigenvalue weighted by Gasteiger charge is 2.30. The van der Waals surface area contributed by atoms with Crippen LogP contribution in [0.25, 0.3) is 0 Å². The Balaban J connectivity index is -0.000000803. The van der Waals surface area contributed by atoms with Gasteiger partial charge in [-0.2, -0.15) is 0 Å². The summed E-state index contributed by atoms with van der Waals surface area (Å²) in [5.74, 6) is -8.90. The van der Waals surface area contributed by atoms with Crippen LogP contribution in [0.1, 0.15) is 264 Å². The van der Waals surface area contributed by atoms with Gasteiger partial charge in [0.25, 0.3) is 0 Å². The fourth-order valence-electron chi connectivity index (χ4n) is 11.6. The predicted octanol–water partition coefficient (Wildman–Crippen LogP) is -3.74. The minimum Gasteiger partial charge on any atom is -0.368 e. The van der Waals surface area contributed by atoms with Gasteiger partial charge in [-0.3, -0.25) is 105 Å². The van der Waals surface area contributed by atoms with Gasteiger partial charge in [0.05, 0.1) is 76.0 Å². The lowest BCUT2D eigenvalue weighted by atomic mass is 10.0. The number of amides is 18. The molecule has 128 heavy (non-hydrogen) atoms. The quantitative estimate of drug-likeness (QED) is 0.0260. The van der Waals surface area contributed by atoms with Gasteiger partial charge in [0.1, 0.15) is 36.3 Å². The van der Waals surface area contributed by atoms with Crippen molar-refractivity contribution in [1.29, 1.82) is 0 Å². The maximum atomic E-state index is 12.4. The van der Waals surface area contributed by atoms with Crippen molar-refractivity contribution in [3.8, 4) is 0 Å². The standard InChI is InChI=1S/C23H42N6O6.C22H40N6O6.C20H37N5O5.C19H35N5O5/c1-5-9-19(31)18(29-23(35)15(3)27-16(4)30)13-20(32)26-12-8-7-10-17(22(24)34)28-21(33)14-25-11-6-2;1-5-8-18(30)17(28-22(34)14(3)26-15(4)29)12-19(31)25-11-7-9-16(21(23)33)27-20(32)13-24-10-6-2;1-4-8-17(27)16(24-14(3)26)12-18(28)23-11-7-6-9-15(20(21)30)25-19(29)13-22-10-5-2;1-4-7-16(26)15(23-13(3)25)11-17(27)22-10-6-8-14(19(20)29)24-18(28)12-21-9-5-2/h15,17-18,25H,5-14H2,1-4H3,(H2,24,34)(H,26,32)(H,27,30)(H,28,33)(H,29,35);14,16-17,24H,5-13H2,1-4H3,(H2,23,33)(H,25,31)(H,26,29)(H,27,32)(H,28,34);15-16,22H,4-13H2,1-3H3,(H2,21,30)(H,23,28)(H,24,26)(H,25,29);14-15,21H,4-12H2,1-3H3,(H2,20,29)(H,22,27)(H,23,25)(H,24,28)/t15-,17+,18+;14-,16+,17+;15-,16-;14-,15-/m1100/s1. The van der Waals surface area contributed by atoms with Gasteiger partial charge >= 0.3 is 0 Å². The van der Waals surface area contributed by atoms with E-state index in [0.29, 0.717) is 123 Å². The maximum absolute atomic E-state index is 12.4. The molecule has 18 amide bonds. The summed E-state index contributed by atoms with van der Waals surface area (Å²) in [6, 6.07) is -8.59. The first-order chi connectivity index (χ1) is 60.4. The van der Waals surface area contributed by atoms with Crippen LogP contribution in [0.5, 0.6) is 0 Å². The molecule has 0 aromatic carbocycles. The molecule has 0 heterocycles. The van der Waals surface area contributed by atoms with Gasteiger partial charge in [-0.05, 0) is 156 Å². The lowest BCUT2D eigenvalue weighted by Crippen LogP contribution is -2.51. The van der Waals surface area contributed by atoms with E-state index in [1.54, 1.807) is 0 Å². The van der Waals surface area contributed by atoms with Gasteiger partial charge in [-0.1, -0.05) is 55.4 Å². The number of ketones is 4. The Labute approximate surface area is 753 Å². The van der Waals surface area contributed by atoms with E-state index >= 15 is 0 Å². The summed E-state index contributed by atoms with van der Waals surface area (Å²) in [6.45, 7) is 27.6. The third kappa shape index (κ3) is 69.1. The summed E-state index contributed by atoms with van der Waals surface area (Å²) < 4.78 is 0. The van der Waals surface area contributed by atoms with Crippen LogP contribution in [0.2, 0.25) is 0 Å². The summed E-state index contributed by atoms with van der Waals surface area (Å²) in [6.07, 6.45) is 10.4. The third-order valence-corrected chi connectivity index (χ3v) is 18.1. The number of Topliss-reactive ketones (excluding diaryl/α,β-unsaturated/α-hetero) is 4. The molecule has 0 saturated carbocycles. The largest absolute Gasteiger partial charge is 0.368 e. The summed E-state index contributed by atoms with van der Waals surface area (Å²) in [5, 5.41) is 47.7. The average molecular weight is 1820 g/mol.